The lowest BCUT2D eigenvalue weighted by molar-refractivity contribution is 0.391. The van der Waals surface area contributed by atoms with Crippen LogP contribution in [0.5, 0.6) is 0 Å². The van der Waals surface area contributed by atoms with E-state index in [1.807, 2.05) is 0 Å². The summed E-state index contributed by atoms with van der Waals surface area (Å²) in [6.07, 6.45) is 26.2. The maximum Gasteiger partial charge on any atom is 0.0833 e. The molecule has 6 aromatic carbocycles. The average molecular weight is 803 g/mol. The zero-order valence-corrected chi connectivity index (χ0v) is 36.4. The van der Waals surface area contributed by atoms with E-state index >= 15 is 0 Å². The Morgan fingerprint density at radius 3 is 2.08 bits per heavy atom. The molecule has 4 aliphatic carbocycles. The van der Waals surface area contributed by atoms with Gasteiger partial charge in [0.2, 0.25) is 0 Å². The Kier molecular flexibility index (Phi) is 9.12. The second-order valence-corrected chi connectivity index (χ2v) is 18.4. The number of rotatable bonds is 7. The van der Waals surface area contributed by atoms with Gasteiger partial charge in [0.05, 0.1) is 5.54 Å². The van der Waals surface area contributed by atoms with Crippen molar-refractivity contribution < 1.29 is 0 Å². The van der Waals surface area contributed by atoms with Crippen molar-refractivity contribution in [3.05, 3.63) is 234 Å². The predicted octanol–water partition coefficient (Wildman–Crippen LogP) is 15.9. The van der Waals surface area contributed by atoms with Crippen LogP contribution in [0, 0.1) is 11.3 Å². The second kappa shape index (κ2) is 14.8. The van der Waals surface area contributed by atoms with Gasteiger partial charge in [-0.1, -0.05) is 153 Å². The van der Waals surface area contributed by atoms with Gasteiger partial charge in [0, 0.05) is 39.3 Å². The number of hydrogen-bond acceptors (Lipinski definition) is 2. The van der Waals surface area contributed by atoms with Crippen LogP contribution < -0.4 is 9.80 Å². The van der Waals surface area contributed by atoms with Gasteiger partial charge in [-0.2, -0.15) is 0 Å². The quantitative estimate of drug-likeness (QED) is 0.148. The summed E-state index contributed by atoms with van der Waals surface area (Å²) in [7, 11) is 0. The standard InChI is InChI=1S/C60H54N2/c1-42-37-38-59(3)52-30-14-15-32-54(52)62(49-26-12-7-13-27-49)60(4)40-39-58(2,56(42)57(59)60)53-31-18-22-45-21-17-29-51(55(45)53)44-33-35-48(36-34-44)61(47-24-10-6-11-25-47)50-28-16-23-46(41-50)43-19-8-5-9-20-43/h6-8,10-13,15-29,31-42H,5,9,14,30H2,1-4H3. The molecule has 0 radical (unpaired) electrons. The molecule has 0 fully saturated rings. The Morgan fingerprint density at radius 1 is 0.597 bits per heavy atom. The molecule has 0 spiro atoms. The molecule has 0 aromatic heterocycles. The van der Waals surface area contributed by atoms with Crippen molar-refractivity contribution in [1.29, 1.82) is 0 Å². The first kappa shape index (κ1) is 38.3. The molecular weight excluding hydrogens is 749 g/mol. The number of anilines is 4. The first-order chi connectivity index (χ1) is 30.3. The van der Waals surface area contributed by atoms with Gasteiger partial charge in [-0.25, -0.2) is 0 Å². The minimum Gasteiger partial charge on any atom is -0.328 e. The summed E-state index contributed by atoms with van der Waals surface area (Å²) in [6, 6.07) is 53.9. The molecule has 1 aliphatic heterocycles. The molecule has 0 amide bonds. The van der Waals surface area contributed by atoms with Crippen molar-refractivity contribution in [2.45, 2.75) is 64.3 Å². The monoisotopic (exact) mass is 802 g/mol. The zero-order chi connectivity index (χ0) is 42.1. The van der Waals surface area contributed by atoms with Crippen LogP contribution in [0.15, 0.2) is 223 Å². The third-order valence-corrected chi connectivity index (χ3v) is 14.6. The zero-order valence-electron chi connectivity index (χ0n) is 36.4. The number of fused-ring (bicyclic) bond motifs is 2. The van der Waals surface area contributed by atoms with Gasteiger partial charge in [0.15, 0.2) is 0 Å². The van der Waals surface area contributed by atoms with E-state index in [0.717, 1.165) is 42.7 Å². The Balaban J connectivity index is 1.05. The second-order valence-electron chi connectivity index (χ2n) is 18.4. The molecule has 6 aromatic rings. The van der Waals surface area contributed by atoms with Gasteiger partial charge < -0.3 is 9.80 Å². The SMILES string of the molecule is CC1C=CC2(C)C3=C(C=CCC3)N(c3ccccc3)C3(C)C=CC(C)(c4cccc5cccc(-c6ccc(N(c7ccccc7)c7cccc(C8=CCCC=C8)c7)cc6)c45)C1=C23. The number of nitrogens with zero attached hydrogens (tertiary/aromatic N) is 2. The third-order valence-electron chi connectivity index (χ3n) is 14.6. The summed E-state index contributed by atoms with van der Waals surface area (Å²) >= 11 is 0. The lowest BCUT2D eigenvalue weighted by atomic mass is 9.51. The fraction of sp³-hybridized carbons (Fsp3) is 0.200. The summed E-state index contributed by atoms with van der Waals surface area (Å²) in [6.45, 7) is 9.90. The molecule has 5 aliphatic rings. The molecule has 304 valence electrons. The molecule has 4 unspecified atom stereocenters. The molecule has 0 bridgehead atoms. The molecule has 11 rings (SSSR count). The van der Waals surface area contributed by atoms with Gasteiger partial charge >= 0.3 is 0 Å². The van der Waals surface area contributed by atoms with Gasteiger partial charge in [-0.05, 0) is 162 Å². The lowest BCUT2D eigenvalue weighted by Crippen LogP contribution is -2.58. The van der Waals surface area contributed by atoms with Crippen molar-refractivity contribution in [2.24, 2.45) is 11.3 Å². The van der Waals surface area contributed by atoms with Crippen molar-refractivity contribution >= 4 is 39.1 Å². The molecule has 62 heavy (non-hydrogen) atoms. The average Bonchev–Trinajstić information content (AvgIpc) is 3.32. The van der Waals surface area contributed by atoms with Crippen molar-refractivity contribution in [2.75, 3.05) is 9.80 Å². The minimum atomic E-state index is -0.348. The van der Waals surface area contributed by atoms with E-state index < -0.39 is 0 Å². The Bertz CT molecular complexity index is 2950. The third kappa shape index (κ3) is 5.91. The molecule has 2 heteroatoms. The normalized spacial score (nSPS) is 24.9. The number of para-hydroxylation sites is 2. The van der Waals surface area contributed by atoms with Crippen LogP contribution in [0.1, 0.15) is 64.5 Å². The van der Waals surface area contributed by atoms with E-state index in [0.29, 0.717) is 0 Å². The minimum absolute atomic E-state index is 0.189. The van der Waals surface area contributed by atoms with E-state index in [1.54, 1.807) is 5.57 Å². The van der Waals surface area contributed by atoms with Crippen molar-refractivity contribution in [3.63, 3.8) is 0 Å². The van der Waals surface area contributed by atoms with E-state index in [9.17, 15) is 0 Å². The first-order valence-electron chi connectivity index (χ1n) is 22.6. The van der Waals surface area contributed by atoms with Gasteiger partial charge in [-0.3, -0.25) is 0 Å². The highest BCUT2D eigenvalue weighted by atomic mass is 15.2. The molecule has 4 atom stereocenters. The van der Waals surface area contributed by atoms with Gasteiger partial charge in [0.25, 0.3) is 0 Å². The van der Waals surface area contributed by atoms with E-state index in [4.69, 9.17) is 0 Å². The summed E-state index contributed by atoms with van der Waals surface area (Å²) in [5, 5.41) is 2.60. The fourth-order valence-corrected chi connectivity index (χ4v) is 11.8. The lowest BCUT2D eigenvalue weighted by Gasteiger charge is -2.60. The Hall–Kier alpha value is -6.64. The molecule has 2 nitrogen and oxygen atoms in total. The Morgan fingerprint density at radius 2 is 1.31 bits per heavy atom. The topological polar surface area (TPSA) is 6.48 Å². The molecular formula is C60H54N2. The maximum absolute atomic E-state index is 2.65. The summed E-state index contributed by atoms with van der Waals surface area (Å²) in [5.74, 6) is 0.265. The van der Waals surface area contributed by atoms with Gasteiger partial charge in [-0.15, -0.1) is 0 Å². The van der Waals surface area contributed by atoms with Crippen LogP contribution >= 0.6 is 0 Å². The maximum atomic E-state index is 2.65. The highest BCUT2D eigenvalue weighted by Crippen LogP contribution is 2.63. The number of hydrogen-bond donors (Lipinski definition) is 0. The van der Waals surface area contributed by atoms with Crippen LogP contribution in [0.25, 0.3) is 27.5 Å². The number of benzene rings is 6. The van der Waals surface area contributed by atoms with Crippen LogP contribution in [0.3, 0.4) is 0 Å². The Labute approximate surface area is 367 Å². The summed E-state index contributed by atoms with van der Waals surface area (Å²) < 4.78 is 0. The van der Waals surface area contributed by atoms with Crippen molar-refractivity contribution in [1.82, 2.24) is 0 Å². The van der Waals surface area contributed by atoms with Crippen molar-refractivity contribution in [3.8, 4) is 11.1 Å². The van der Waals surface area contributed by atoms with E-state index in [1.165, 1.54) is 61.1 Å². The predicted molar refractivity (Wildman–Crippen MR) is 263 cm³/mol. The molecule has 0 saturated heterocycles. The molecule has 0 saturated carbocycles. The molecule has 0 N–H and O–H groups in total. The summed E-state index contributed by atoms with van der Waals surface area (Å²) in [4.78, 5) is 5.03. The largest absolute Gasteiger partial charge is 0.328 e. The summed E-state index contributed by atoms with van der Waals surface area (Å²) in [5.41, 5.74) is 16.1. The van der Waals surface area contributed by atoms with E-state index in [-0.39, 0.29) is 22.3 Å². The number of allylic oxidation sites excluding steroid dienone is 11. The first-order valence-corrected chi connectivity index (χ1v) is 22.6. The smallest absolute Gasteiger partial charge is 0.0833 e. The van der Waals surface area contributed by atoms with Crippen LogP contribution in [-0.4, -0.2) is 5.54 Å². The van der Waals surface area contributed by atoms with Crippen LogP contribution in [0.4, 0.5) is 22.7 Å². The van der Waals surface area contributed by atoms with Crippen LogP contribution in [-0.2, 0) is 5.41 Å². The highest BCUT2D eigenvalue weighted by Gasteiger charge is 2.57. The fourth-order valence-electron chi connectivity index (χ4n) is 11.8. The highest BCUT2D eigenvalue weighted by molar-refractivity contribution is 6.01. The van der Waals surface area contributed by atoms with Crippen LogP contribution in [0.2, 0.25) is 0 Å². The van der Waals surface area contributed by atoms with E-state index in [2.05, 4.69) is 238 Å². The van der Waals surface area contributed by atoms with Gasteiger partial charge in [0.1, 0.15) is 0 Å². The molecule has 1 heterocycles.